The number of nitrogens with one attached hydrogen (secondary N) is 1. The highest BCUT2D eigenvalue weighted by molar-refractivity contribution is 14.0. The first kappa shape index (κ1) is 21.9. The van der Waals surface area contributed by atoms with Gasteiger partial charge >= 0.3 is 6.18 Å². The van der Waals surface area contributed by atoms with Crippen molar-refractivity contribution in [1.82, 2.24) is 15.1 Å². The smallest absolute Gasteiger partial charge is 0.403 e. The molecule has 1 unspecified atom stereocenters. The lowest BCUT2D eigenvalue weighted by Gasteiger charge is -2.39. The monoisotopic (exact) mass is 500 g/mol. The molecule has 1 aromatic carbocycles. The molecule has 2 aliphatic heterocycles. The molecule has 1 N–H and O–H groups in total. The number of rotatable bonds is 3. The molecule has 1 fully saturated rings. The molecule has 10 heteroatoms. The Hall–Kier alpha value is -1.43. The lowest BCUT2D eigenvalue weighted by molar-refractivity contribution is -0.181. The summed E-state index contributed by atoms with van der Waals surface area (Å²) in [5, 5.41) is 3.26. The van der Waals surface area contributed by atoms with E-state index >= 15 is 0 Å². The second-order valence-corrected chi connectivity index (χ2v) is 6.33. The van der Waals surface area contributed by atoms with Crippen molar-refractivity contribution in [3.05, 3.63) is 23.8 Å². The van der Waals surface area contributed by atoms with Gasteiger partial charge in [-0.3, -0.25) is 9.89 Å². The number of ether oxygens (including phenoxy) is 2. The first-order valence-corrected chi connectivity index (χ1v) is 8.53. The number of nitrogens with zero attached hydrogens (tertiary/aromatic N) is 3. The highest BCUT2D eigenvalue weighted by Crippen LogP contribution is 2.32. The number of hydrogen-bond acceptors (Lipinski definition) is 4. The van der Waals surface area contributed by atoms with Gasteiger partial charge in [0.1, 0.15) is 6.04 Å². The van der Waals surface area contributed by atoms with Crippen molar-refractivity contribution >= 4 is 29.9 Å². The largest absolute Gasteiger partial charge is 0.454 e. The topological polar surface area (TPSA) is 49.3 Å². The minimum absolute atomic E-state index is 0. The summed E-state index contributed by atoms with van der Waals surface area (Å²) in [6.45, 7) is 3.69. The Morgan fingerprint density at radius 1 is 1.19 bits per heavy atom. The van der Waals surface area contributed by atoms with E-state index in [4.69, 9.17) is 9.47 Å². The lowest BCUT2D eigenvalue weighted by Crippen LogP contribution is -2.56. The summed E-state index contributed by atoms with van der Waals surface area (Å²) >= 11 is 0. The zero-order valence-corrected chi connectivity index (χ0v) is 17.6. The first-order chi connectivity index (χ1) is 12.4. The van der Waals surface area contributed by atoms with Gasteiger partial charge in [-0.2, -0.15) is 13.2 Å². The van der Waals surface area contributed by atoms with Crippen molar-refractivity contribution in [3.63, 3.8) is 0 Å². The van der Waals surface area contributed by atoms with Crippen molar-refractivity contribution in [1.29, 1.82) is 0 Å². The molecule has 2 aliphatic rings. The third-order valence-corrected chi connectivity index (χ3v) is 4.73. The standard InChI is InChI=1S/C17H23F3N4O2.HI/c1-12(17(18,19)20)23-5-7-24(8-6-23)16(21-2)22-10-13-3-4-14-15(9-13)26-11-25-14;/h3-4,9,12H,5-8,10-11H2,1-2H3,(H,21,22);1H. The van der Waals surface area contributed by atoms with Crippen LogP contribution in [-0.2, 0) is 6.54 Å². The summed E-state index contributed by atoms with van der Waals surface area (Å²) < 4.78 is 49.2. The van der Waals surface area contributed by atoms with Crippen LogP contribution in [0.5, 0.6) is 11.5 Å². The van der Waals surface area contributed by atoms with Gasteiger partial charge in [-0.1, -0.05) is 6.07 Å². The normalized spacial score (nSPS) is 18.9. The van der Waals surface area contributed by atoms with Crippen LogP contribution >= 0.6 is 24.0 Å². The Morgan fingerprint density at radius 3 is 2.48 bits per heavy atom. The highest BCUT2D eigenvalue weighted by atomic mass is 127. The molecule has 1 aromatic rings. The average molecular weight is 500 g/mol. The van der Waals surface area contributed by atoms with Crippen LogP contribution in [0.15, 0.2) is 23.2 Å². The van der Waals surface area contributed by atoms with E-state index in [2.05, 4.69) is 10.3 Å². The second kappa shape index (κ2) is 9.18. The van der Waals surface area contributed by atoms with Gasteiger partial charge in [-0.25, -0.2) is 0 Å². The number of alkyl halides is 3. The maximum atomic E-state index is 12.8. The molecule has 0 spiro atoms. The van der Waals surface area contributed by atoms with Crippen molar-refractivity contribution in [3.8, 4) is 11.5 Å². The number of fused-ring (bicyclic) bond motifs is 1. The second-order valence-electron chi connectivity index (χ2n) is 6.33. The van der Waals surface area contributed by atoms with Crippen molar-refractivity contribution < 1.29 is 22.6 Å². The number of halogens is 4. The van der Waals surface area contributed by atoms with Gasteiger partial charge in [0, 0.05) is 39.8 Å². The predicted octanol–water partition coefficient (Wildman–Crippen LogP) is 2.68. The molecule has 0 saturated carbocycles. The van der Waals surface area contributed by atoms with Crippen LogP contribution < -0.4 is 14.8 Å². The van der Waals surface area contributed by atoms with Gasteiger partial charge in [0.2, 0.25) is 6.79 Å². The Morgan fingerprint density at radius 2 is 1.85 bits per heavy atom. The van der Waals surface area contributed by atoms with Crippen LogP contribution in [-0.4, -0.2) is 68.0 Å². The molecular formula is C17H24F3IN4O2. The van der Waals surface area contributed by atoms with Crippen LogP contribution in [0.2, 0.25) is 0 Å². The Labute approximate surface area is 173 Å². The summed E-state index contributed by atoms with van der Waals surface area (Å²) in [4.78, 5) is 7.69. The van der Waals surface area contributed by atoms with Gasteiger partial charge in [-0.05, 0) is 24.6 Å². The maximum Gasteiger partial charge on any atom is 0.403 e. The van der Waals surface area contributed by atoms with E-state index in [0.717, 1.165) is 11.3 Å². The van der Waals surface area contributed by atoms with E-state index in [9.17, 15) is 13.2 Å². The summed E-state index contributed by atoms with van der Waals surface area (Å²) in [6, 6.07) is 4.29. The molecule has 152 valence electrons. The highest BCUT2D eigenvalue weighted by Gasteiger charge is 2.41. The fourth-order valence-electron chi connectivity index (χ4n) is 3.09. The molecular weight excluding hydrogens is 476 g/mol. The zero-order valence-electron chi connectivity index (χ0n) is 15.3. The van der Waals surface area contributed by atoms with E-state index in [1.165, 1.54) is 11.8 Å². The number of aliphatic imine (C=N–C) groups is 1. The van der Waals surface area contributed by atoms with Crippen molar-refractivity contribution in [2.75, 3.05) is 40.0 Å². The summed E-state index contributed by atoms with van der Waals surface area (Å²) in [5.41, 5.74) is 1.01. The Kier molecular flexibility index (Phi) is 7.43. The molecule has 27 heavy (non-hydrogen) atoms. The first-order valence-electron chi connectivity index (χ1n) is 8.53. The van der Waals surface area contributed by atoms with Crippen molar-refractivity contribution in [2.45, 2.75) is 25.7 Å². The predicted molar refractivity (Wildman–Crippen MR) is 107 cm³/mol. The minimum Gasteiger partial charge on any atom is -0.454 e. The molecule has 0 radical (unpaired) electrons. The summed E-state index contributed by atoms with van der Waals surface area (Å²) in [5.74, 6) is 2.13. The number of piperazine rings is 1. The maximum absolute atomic E-state index is 12.8. The van der Waals surface area contributed by atoms with E-state index < -0.39 is 12.2 Å². The summed E-state index contributed by atoms with van der Waals surface area (Å²) in [7, 11) is 1.67. The van der Waals surface area contributed by atoms with Gasteiger partial charge < -0.3 is 19.7 Å². The zero-order chi connectivity index (χ0) is 18.7. The molecule has 0 bridgehead atoms. The fraction of sp³-hybridized carbons (Fsp3) is 0.588. The molecule has 2 heterocycles. The fourth-order valence-corrected chi connectivity index (χ4v) is 3.09. The third-order valence-electron chi connectivity index (χ3n) is 4.73. The summed E-state index contributed by atoms with van der Waals surface area (Å²) in [6.07, 6.45) is -4.19. The molecule has 3 rings (SSSR count). The van der Waals surface area contributed by atoms with Crippen LogP contribution in [0, 0.1) is 0 Å². The van der Waals surface area contributed by atoms with Gasteiger partial charge in [-0.15, -0.1) is 24.0 Å². The van der Waals surface area contributed by atoms with Gasteiger partial charge in [0.25, 0.3) is 0 Å². The van der Waals surface area contributed by atoms with E-state index in [1.54, 1.807) is 7.05 Å². The number of guanidine groups is 1. The Balaban J connectivity index is 0.00000261. The van der Waals surface area contributed by atoms with E-state index in [0.29, 0.717) is 44.4 Å². The van der Waals surface area contributed by atoms with Gasteiger partial charge in [0.15, 0.2) is 17.5 Å². The molecule has 0 aliphatic carbocycles. The minimum atomic E-state index is -4.19. The third kappa shape index (κ3) is 5.31. The van der Waals surface area contributed by atoms with E-state index in [1.807, 2.05) is 23.1 Å². The molecule has 1 atom stereocenters. The molecule has 6 nitrogen and oxygen atoms in total. The number of hydrogen-bond donors (Lipinski definition) is 1. The van der Waals surface area contributed by atoms with Crippen LogP contribution in [0.3, 0.4) is 0 Å². The van der Waals surface area contributed by atoms with E-state index in [-0.39, 0.29) is 30.8 Å². The van der Waals surface area contributed by atoms with Crippen molar-refractivity contribution in [2.24, 2.45) is 4.99 Å². The van der Waals surface area contributed by atoms with Crippen LogP contribution in [0.4, 0.5) is 13.2 Å². The SMILES string of the molecule is CN=C(NCc1ccc2c(c1)OCO2)N1CCN(C(C)C(F)(F)F)CC1.I. The molecule has 1 saturated heterocycles. The Bertz CT molecular complexity index is 664. The molecule has 0 amide bonds. The average Bonchev–Trinajstić information content (AvgIpc) is 3.09. The lowest BCUT2D eigenvalue weighted by atomic mass is 10.2. The quantitative estimate of drug-likeness (QED) is 0.393. The van der Waals surface area contributed by atoms with Crippen LogP contribution in [0.1, 0.15) is 12.5 Å². The van der Waals surface area contributed by atoms with Crippen LogP contribution in [0.25, 0.3) is 0 Å². The van der Waals surface area contributed by atoms with Gasteiger partial charge in [0.05, 0.1) is 0 Å². The number of benzene rings is 1. The molecule has 0 aromatic heterocycles.